The van der Waals surface area contributed by atoms with Gasteiger partial charge in [-0.15, -0.1) is 0 Å². The number of hydrogen-bond acceptors (Lipinski definition) is 2. The van der Waals surface area contributed by atoms with Crippen molar-refractivity contribution in [1.29, 1.82) is 0 Å². The van der Waals surface area contributed by atoms with Crippen molar-refractivity contribution in [2.24, 2.45) is 0 Å². The third kappa shape index (κ3) is 1.95. The summed E-state index contributed by atoms with van der Waals surface area (Å²) in [5, 5.41) is 10.1. The van der Waals surface area contributed by atoms with Gasteiger partial charge in [0, 0.05) is 17.2 Å². The van der Waals surface area contributed by atoms with Crippen LogP contribution >= 0.6 is 23.2 Å². The Labute approximate surface area is 119 Å². The zero-order valence-electron chi connectivity index (χ0n) is 9.56. The molecule has 1 aliphatic heterocycles. The van der Waals surface area contributed by atoms with Crippen molar-refractivity contribution < 1.29 is 14.6 Å². The summed E-state index contributed by atoms with van der Waals surface area (Å²) < 4.78 is 5.69. The average Bonchev–Trinajstić information content (AvgIpc) is 2.37. The Morgan fingerprint density at radius 2 is 1.74 bits per heavy atom. The molecular formula is C14H8Cl2O3. The van der Waals surface area contributed by atoms with Gasteiger partial charge < -0.3 is 9.84 Å². The molecule has 19 heavy (non-hydrogen) atoms. The minimum Gasteiger partial charge on any atom is -0.481 e. The van der Waals surface area contributed by atoms with E-state index in [2.05, 4.69) is 0 Å². The van der Waals surface area contributed by atoms with Crippen LogP contribution in [-0.4, -0.2) is 11.1 Å². The molecule has 0 amide bonds. The van der Waals surface area contributed by atoms with Crippen LogP contribution in [-0.2, 0) is 4.79 Å². The molecule has 0 saturated carbocycles. The lowest BCUT2D eigenvalue weighted by Gasteiger charge is -2.26. The molecule has 1 heterocycles. The molecule has 0 saturated heterocycles. The number of para-hydroxylation sites is 1. The maximum Gasteiger partial charge on any atom is 0.315 e. The van der Waals surface area contributed by atoms with Gasteiger partial charge in [0.1, 0.15) is 17.4 Å². The highest BCUT2D eigenvalue weighted by atomic mass is 35.5. The molecule has 5 heteroatoms. The van der Waals surface area contributed by atoms with Gasteiger partial charge in [0.05, 0.1) is 10.0 Å². The summed E-state index contributed by atoms with van der Waals surface area (Å²) in [7, 11) is 0. The Bertz CT molecular complexity index is 682. The van der Waals surface area contributed by atoms with Gasteiger partial charge in [0.15, 0.2) is 0 Å². The van der Waals surface area contributed by atoms with Crippen LogP contribution in [0.4, 0.5) is 0 Å². The average molecular weight is 295 g/mol. The predicted molar refractivity (Wildman–Crippen MR) is 72.5 cm³/mol. The minimum atomic E-state index is -0.949. The van der Waals surface area contributed by atoms with Gasteiger partial charge in [-0.3, -0.25) is 4.79 Å². The Balaban J connectivity index is 2.26. The van der Waals surface area contributed by atoms with E-state index in [-0.39, 0.29) is 0 Å². The van der Waals surface area contributed by atoms with Crippen molar-refractivity contribution in [3.63, 3.8) is 0 Å². The number of carboxylic acids is 1. The fraction of sp³-hybridized carbons (Fsp3) is 0.0714. The van der Waals surface area contributed by atoms with E-state index in [4.69, 9.17) is 27.9 Å². The summed E-state index contributed by atoms with van der Waals surface area (Å²) in [5.74, 6) is -0.786. The second kappa shape index (κ2) is 4.44. The van der Waals surface area contributed by atoms with Crippen molar-refractivity contribution in [3.05, 3.63) is 57.6 Å². The normalized spacial score (nSPS) is 16.2. The van der Waals surface area contributed by atoms with Crippen LogP contribution in [0.25, 0.3) is 0 Å². The van der Waals surface area contributed by atoms with Gasteiger partial charge in [-0.1, -0.05) is 41.4 Å². The van der Waals surface area contributed by atoms with Gasteiger partial charge in [-0.05, 0) is 12.1 Å². The maximum atomic E-state index is 11.5. The van der Waals surface area contributed by atoms with E-state index in [9.17, 15) is 9.90 Å². The van der Waals surface area contributed by atoms with Crippen molar-refractivity contribution in [3.8, 4) is 11.5 Å². The van der Waals surface area contributed by atoms with Crippen LogP contribution in [0.15, 0.2) is 36.4 Å². The van der Waals surface area contributed by atoms with E-state index >= 15 is 0 Å². The first-order valence-corrected chi connectivity index (χ1v) is 6.32. The minimum absolute atomic E-state index is 0.314. The number of fused-ring (bicyclic) bond motifs is 2. The van der Waals surface area contributed by atoms with E-state index in [1.54, 1.807) is 36.4 Å². The molecule has 1 N–H and O–H groups in total. The van der Waals surface area contributed by atoms with Crippen LogP contribution in [0, 0.1) is 0 Å². The zero-order chi connectivity index (χ0) is 13.6. The van der Waals surface area contributed by atoms with Crippen molar-refractivity contribution in [2.75, 3.05) is 0 Å². The van der Waals surface area contributed by atoms with Crippen molar-refractivity contribution >= 4 is 29.2 Å². The molecule has 1 unspecified atom stereocenters. The summed E-state index contributed by atoms with van der Waals surface area (Å²) >= 11 is 11.9. The van der Waals surface area contributed by atoms with E-state index in [1.165, 1.54) is 0 Å². The number of hydrogen-bond donors (Lipinski definition) is 1. The number of benzene rings is 2. The molecule has 2 aromatic rings. The number of ether oxygens (including phenoxy) is 1. The molecule has 0 spiro atoms. The highest BCUT2D eigenvalue weighted by Gasteiger charge is 2.33. The molecule has 1 aliphatic rings. The Morgan fingerprint density at radius 3 is 2.47 bits per heavy atom. The number of halogens is 2. The van der Waals surface area contributed by atoms with E-state index < -0.39 is 11.9 Å². The van der Waals surface area contributed by atoms with Crippen molar-refractivity contribution in [2.45, 2.75) is 5.92 Å². The molecule has 96 valence electrons. The lowest BCUT2D eigenvalue weighted by Crippen LogP contribution is -2.18. The molecular weight excluding hydrogens is 287 g/mol. The molecule has 3 nitrogen and oxygen atoms in total. The first kappa shape index (κ1) is 12.3. The smallest absolute Gasteiger partial charge is 0.315 e. The molecule has 1 atom stereocenters. The Kier molecular flexibility index (Phi) is 2.88. The van der Waals surface area contributed by atoms with E-state index in [0.717, 1.165) is 0 Å². The lowest BCUT2D eigenvalue weighted by molar-refractivity contribution is -0.137. The monoisotopic (exact) mass is 294 g/mol. The molecule has 0 aromatic heterocycles. The van der Waals surface area contributed by atoms with Crippen LogP contribution in [0.3, 0.4) is 0 Å². The summed E-state index contributed by atoms with van der Waals surface area (Å²) in [6.07, 6.45) is 0. The van der Waals surface area contributed by atoms with Crippen molar-refractivity contribution in [1.82, 2.24) is 0 Å². The molecule has 0 fully saturated rings. The summed E-state index contributed by atoms with van der Waals surface area (Å²) in [6, 6.07) is 10.1. The summed E-state index contributed by atoms with van der Waals surface area (Å²) in [4.78, 5) is 11.5. The van der Waals surface area contributed by atoms with Gasteiger partial charge in [0.25, 0.3) is 0 Å². The quantitative estimate of drug-likeness (QED) is 0.852. The summed E-state index contributed by atoms with van der Waals surface area (Å²) in [6.45, 7) is 0. The van der Waals surface area contributed by atoms with Crippen LogP contribution in [0.2, 0.25) is 10.0 Å². The maximum absolute atomic E-state index is 11.5. The molecule has 0 radical (unpaired) electrons. The predicted octanol–water partition coefficient (Wildman–Crippen LogP) is 4.32. The first-order chi connectivity index (χ1) is 9.08. The van der Waals surface area contributed by atoms with E-state index in [1.807, 2.05) is 0 Å². The lowest BCUT2D eigenvalue weighted by atomic mass is 9.88. The topological polar surface area (TPSA) is 46.5 Å². The molecule has 0 aliphatic carbocycles. The third-order valence-electron chi connectivity index (χ3n) is 3.06. The number of carbonyl (C=O) groups is 1. The second-order valence-electron chi connectivity index (χ2n) is 4.22. The highest BCUT2D eigenvalue weighted by Crippen LogP contribution is 2.46. The Hall–Kier alpha value is -1.71. The number of aliphatic carboxylic acids is 1. The number of rotatable bonds is 1. The fourth-order valence-electron chi connectivity index (χ4n) is 2.22. The molecule has 2 aromatic carbocycles. The van der Waals surface area contributed by atoms with Crippen LogP contribution in [0.5, 0.6) is 11.5 Å². The molecule has 0 bridgehead atoms. The fourth-order valence-corrected chi connectivity index (χ4v) is 2.55. The SMILES string of the molecule is O=C(O)C1c2ccccc2Oc2cc(Cl)c(Cl)cc21. The van der Waals surface area contributed by atoms with Crippen LogP contribution in [0.1, 0.15) is 17.0 Å². The number of carboxylic acid groups (broad SMARTS) is 1. The van der Waals surface area contributed by atoms with Gasteiger partial charge >= 0.3 is 5.97 Å². The van der Waals surface area contributed by atoms with Crippen LogP contribution < -0.4 is 4.74 Å². The van der Waals surface area contributed by atoms with Gasteiger partial charge in [-0.25, -0.2) is 0 Å². The Morgan fingerprint density at radius 1 is 1.05 bits per heavy atom. The van der Waals surface area contributed by atoms with Gasteiger partial charge in [0.2, 0.25) is 0 Å². The van der Waals surface area contributed by atoms with Gasteiger partial charge in [-0.2, -0.15) is 0 Å². The third-order valence-corrected chi connectivity index (χ3v) is 3.78. The zero-order valence-corrected chi connectivity index (χ0v) is 11.1. The standard InChI is InChI=1S/C14H8Cl2O3/c15-9-5-8-12(6-10(9)16)19-11-4-2-1-3-7(11)13(8)14(17)18/h1-6,13H,(H,17,18). The molecule has 3 rings (SSSR count). The van der Waals surface area contributed by atoms with E-state index in [0.29, 0.717) is 32.7 Å². The first-order valence-electron chi connectivity index (χ1n) is 5.56. The summed E-state index contributed by atoms with van der Waals surface area (Å²) in [5.41, 5.74) is 1.13. The highest BCUT2D eigenvalue weighted by molar-refractivity contribution is 6.42. The largest absolute Gasteiger partial charge is 0.481 e. The second-order valence-corrected chi connectivity index (χ2v) is 5.03.